The third-order valence-corrected chi connectivity index (χ3v) is 2.58. The third kappa shape index (κ3) is 5.99. The van der Waals surface area contributed by atoms with Crippen molar-refractivity contribution in [3.05, 3.63) is 29.3 Å². The molecule has 1 aromatic rings. The topological polar surface area (TPSA) is 21.3 Å². The number of hydrogen-bond donors (Lipinski definition) is 1. The molecule has 1 rings (SSSR count). The lowest BCUT2D eigenvalue weighted by Gasteiger charge is -2.06. The minimum Gasteiger partial charge on any atom is -0.494 e. The highest BCUT2D eigenvalue weighted by atomic mass is 35.5. The molecule has 3 heteroatoms. The molecule has 1 aromatic carbocycles. The summed E-state index contributed by atoms with van der Waals surface area (Å²) in [5, 5.41) is 4.06. The van der Waals surface area contributed by atoms with Crippen molar-refractivity contribution < 1.29 is 4.74 Å². The van der Waals surface area contributed by atoms with Crippen LogP contribution >= 0.6 is 11.6 Å². The highest BCUT2D eigenvalue weighted by Gasteiger charge is 1.94. The van der Waals surface area contributed by atoms with Gasteiger partial charge in [0, 0.05) is 5.02 Å². The summed E-state index contributed by atoms with van der Waals surface area (Å²) in [6.45, 7) is 5.08. The van der Waals surface area contributed by atoms with E-state index in [2.05, 4.69) is 12.2 Å². The normalized spacial score (nSPS) is 10.4. The maximum absolute atomic E-state index is 5.78. The molecule has 0 atom stereocenters. The van der Waals surface area contributed by atoms with Crippen LogP contribution in [0.4, 0.5) is 0 Å². The number of unbranched alkanes of at least 4 members (excludes halogenated alkanes) is 2. The molecule has 0 aliphatic rings. The van der Waals surface area contributed by atoms with Crippen LogP contribution in [0.3, 0.4) is 0 Å². The van der Waals surface area contributed by atoms with Crippen LogP contribution in [-0.2, 0) is 0 Å². The summed E-state index contributed by atoms with van der Waals surface area (Å²) in [5.74, 6) is 0.899. The summed E-state index contributed by atoms with van der Waals surface area (Å²) in [6, 6.07) is 7.51. The van der Waals surface area contributed by atoms with Crippen molar-refractivity contribution in [3.8, 4) is 5.75 Å². The van der Waals surface area contributed by atoms with Crippen LogP contribution in [0.2, 0.25) is 5.02 Å². The van der Waals surface area contributed by atoms with E-state index in [4.69, 9.17) is 16.3 Å². The maximum atomic E-state index is 5.78. The van der Waals surface area contributed by atoms with Crippen LogP contribution in [0, 0.1) is 0 Å². The predicted octanol–water partition coefficient (Wildman–Crippen LogP) is 3.50. The van der Waals surface area contributed by atoms with Gasteiger partial charge in [-0.05, 0) is 56.6 Å². The van der Waals surface area contributed by atoms with E-state index in [9.17, 15) is 0 Å². The lowest BCUT2D eigenvalue weighted by Crippen LogP contribution is -2.14. The second-order valence-corrected chi connectivity index (χ2v) is 4.15. The SMILES string of the molecule is CCNCCCCCOc1ccc(Cl)cc1. The molecular formula is C13H20ClNO. The Morgan fingerprint density at radius 2 is 1.88 bits per heavy atom. The van der Waals surface area contributed by atoms with Gasteiger partial charge in [0.05, 0.1) is 6.61 Å². The molecule has 0 spiro atoms. The van der Waals surface area contributed by atoms with E-state index in [0.29, 0.717) is 0 Å². The third-order valence-electron chi connectivity index (χ3n) is 2.33. The predicted molar refractivity (Wildman–Crippen MR) is 69.3 cm³/mol. The molecule has 90 valence electrons. The molecule has 0 radical (unpaired) electrons. The van der Waals surface area contributed by atoms with Crippen LogP contribution in [0.25, 0.3) is 0 Å². The van der Waals surface area contributed by atoms with Gasteiger partial charge in [-0.15, -0.1) is 0 Å². The Balaban J connectivity index is 2.01. The number of ether oxygens (including phenoxy) is 1. The summed E-state index contributed by atoms with van der Waals surface area (Å²) in [7, 11) is 0. The Morgan fingerprint density at radius 1 is 1.12 bits per heavy atom. The molecule has 1 N–H and O–H groups in total. The zero-order valence-corrected chi connectivity index (χ0v) is 10.6. The van der Waals surface area contributed by atoms with Gasteiger partial charge in [0.2, 0.25) is 0 Å². The van der Waals surface area contributed by atoms with Crippen molar-refractivity contribution >= 4 is 11.6 Å². The molecule has 0 fully saturated rings. The van der Waals surface area contributed by atoms with Crippen molar-refractivity contribution in [2.75, 3.05) is 19.7 Å². The highest BCUT2D eigenvalue weighted by Crippen LogP contribution is 2.15. The fraction of sp³-hybridized carbons (Fsp3) is 0.538. The van der Waals surface area contributed by atoms with Gasteiger partial charge >= 0.3 is 0 Å². The van der Waals surface area contributed by atoms with Crippen LogP contribution in [0.5, 0.6) is 5.75 Å². The number of hydrogen-bond acceptors (Lipinski definition) is 2. The molecular weight excluding hydrogens is 222 g/mol. The van der Waals surface area contributed by atoms with E-state index < -0.39 is 0 Å². The lowest BCUT2D eigenvalue weighted by molar-refractivity contribution is 0.305. The molecule has 2 nitrogen and oxygen atoms in total. The molecule has 0 heterocycles. The Labute approximate surface area is 103 Å². The van der Waals surface area contributed by atoms with Gasteiger partial charge in [-0.2, -0.15) is 0 Å². The van der Waals surface area contributed by atoms with Crippen LogP contribution in [0.15, 0.2) is 24.3 Å². The smallest absolute Gasteiger partial charge is 0.119 e. The van der Waals surface area contributed by atoms with E-state index in [1.54, 1.807) is 0 Å². The van der Waals surface area contributed by atoms with Crippen LogP contribution < -0.4 is 10.1 Å². The van der Waals surface area contributed by atoms with E-state index in [1.165, 1.54) is 12.8 Å². The second-order valence-electron chi connectivity index (χ2n) is 3.72. The monoisotopic (exact) mass is 241 g/mol. The minimum absolute atomic E-state index is 0.748. The highest BCUT2D eigenvalue weighted by molar-refractivity contribution is 6.30. The Hall–Kier alpha value is -0.730. The van der Waals surface area contributed by atoms with Crippen molar-refractivity contribution in [2.45, 2.75) is 26.2 Å². The Bertz CT molecular complexity index is 274. The first kappa shape index (κ1) is 13.3. The quantitative estimate of drug-likeness (QED) is 0.704. The molecule has 0 saturated carbocycles. The van der Waals surface area contributed by atoms with Crippen molar-refractivity contribution in [1.82, 2.24) is 5.32 Å². The van der Waals surface area contributed by atoms with Gasteiger partial charge < -0.3 is 10.1 Å². The summed E-state index contributed by atoms with van der Waals surface area (Å²) in [6.07, 6.45) is 3.53. The van der Waals surface area contributed by atoms with E-state index in [1.807, 2.05) is 24.3 Å². The molecule has 0 unspecified atom stereocenters. The average molecular weight is 242 g/mol. The van der Waals surface area contributed by atoms with E-state index >= 15 is 0 Å². The van der Waals surface area contributed by atoms with Gasteiger partial charge in [-0.3, -0.25) is 0 Å². The zero-order chi connectivity index (χ0) is 11.6. The van der Waals surface area contributed by atoms with Gasteiger partial charge in [-0.25, -0.2) is 0 Å². The number of benzene rings is 1. The molecule has 0 amide bonds. The van der Waals surface area contributed by atoms with Gasteiger partial charge in [0.1, 0.15) is 5.75 Å². The number of rotatable bonds is 8. The van der Waals surface area contributed by atoms with Crippen molar-refractivity contribution in [2.24, 2.45) is 0 Å². The summed E-state index contributed by atoms with van der Waals surface area (Å²) in [5.41, 5.74) is 0. The molecule has 0 aliphatic heterocycles. The molecule has 0 saturated heterocycles. The Kier molecular flexibility index (Phi) is 7.02. The number of nitrogens with one attached hydrogen (secondary N) is 1. The fourth-order valence-corrected chi connectivity index (χ4v) is 1.55. The van der Waals surface area contributed by atoms with Crippen molar-refractivity contribution in [1.29, 1.82) is 0 Å². The Morgan fingerprint density at radius 3 is 2.56 bits per heavy atom. The second kappa shape index (κ2) is 8.43. The first-order valence-electron chi connectivity index (χ1n) is 5.92. The summed E-state index contributed by atoms with van der Waals surface area (Å²) < 4.78 is 5.59. The minimum atomic E-state index is 0.748. The maximum Gasteiger partial charge on any atom is 0.119 e. The van der Waals surface area contributed by atoms with Gasteiger partial charge in [-0.1, -0.05) is 18.5 Å². The lowest BCUT2D eigenvalue weighted by atomic mass is 10.2. The number of halogens is 1. The summed E-state index contributed by atoms with van der Waals surface area (Å²) in [4.78, 5) is 0. The average Bonchev–Trinajstić information content (AvgIpc) is 2.30. The standard InChI is InChI=1S/C13H20ClNO/c1-2-15-10-4-3-5-11-16-13-8-6-12(14)7-9-13/h6-9,15H,2-5,10-11H2,1H3. The van der Waals surface area contributed by atoms with E-state index in [-0.39, 0.29) is 0 Å². The fourth-order valence-electron chi connectivity index (χ4n) is 1.43. The summed E-state index contributed by atoms with van der Waals surface area (Å²) >= 11 is 5.78. The molecule has 0 aliphatic carbocycles. The van der Waals surface area contributed by atoms with Gasteiger partial charge in [0.15, 0.2) is 0 Å². The van der Waals surface area contributed by atoms with E-state index in [0.717, 1.165) is 36.9 Å². The molecule has 16 heavy (non-hydrogen) atoms. The molecule has 0 aromatic heterocycles. The van der Waals surface area contributed by atoms with Gasteiger partial charge in [0.25, 0.3) is 0 Å². The zero-order valence-electron chi connectivity index (χ0n) is 9.84. The van der Waals surface area contributed by atoms with Crippen LogP contribution in [-0.4, -0.2) is 19.7 Å². The largest absolute Gasteiger partial charge is 0.494 e. The first-order chi connectivity index (χ1) is 7.83. The first-order valence-corrected chi connectivity index (χ1v) is 6.30. The van der Waals surface area contributed by atoms with Crippen molar-refractivity contribution in [3.63, 3.8) is 0 Å². The molecule has 0 bridgehead atoms. The van der Waals surface area contributed by atoms with Crippen LogP contribution in [0.1, 0.15) is 26.2 Å².